The maximum atomic E-state index is 12.3. The van der Waals surface area contributed by atoms with Crippen molar-refractivity contribution in [2.45, 2.75) is 19.4 Å². The number of nitrogens with zero attached hydrogens (tertiary/aromatic N) is 3. The minimum atomic E-state index is 0.0423. The second-order valence-corrected chi connectivity index (χ2v) is 6.90. The Morgan fingerprint density at radius 1 is 0.840 bits per heavy atom. The zero-order chi connectivity index (χ0) is 17.5. The molecule has 0 spiro atoms. The highest BCUT2D eigenvalue weighted by molar-refractivity contribution is 5.79. The number of carbonyl (C=O) groups is 2. The van der Waals surface area contributed by atoms with Gasteiger partial charge in [-0.1, -0.05) is 30.3 Å². The van der Waals surface area contributed by atoms with E-state index in [4.69, 9.17) is 0 Å². The van der Waals surface area contributed by atoms with Crippen LogP contribution in [-0.2, 0) is 16.1 Å². The standard InChI is InChI=1S/C19H28N4O2/c24-18(20-14-17-6-2-1-3-7-17)15-22-10-12-23(13-11-22)19(25)16-21-8-4-5-9-21/h1-3,6-7H,4-5,8-16H2,(H,20,24). The van der Waals surface area contributed by atoms with Crippen molar-refractivity contribution in [3.05, 3.63) is 35.9 Å². The minimum absolute atomic E-state index is 0.0423. The van der Waals surface area contributed by atoms with Crippen LogP contribution in [0.25, 0.3) is 0 Å². The van der Waals surface area contributed by atoms with Crippen LogP contribution in [0.5, 0.6) is 0 Å². The Kier molecular flexibility index (Phi) is 6.42. The Hall–Kier alpha value is -1.92. The first-order valence-corrected chi connectivity index (χ1v) is 9.24. The second-order valence-electron chi connectivity index (χ2n) is 6.90. The average molecular weight is 344 g/mol. The van der Waals surface area contributed by atoms with Crippen LogP contribution in [0.3, 0.4) is 0 Å². The summed E-state index contributed by atoms with van der Waals surface area (Å²) >= 11 is 0. The molecule has 1 N–H and O–H groups in total. The normalized spacial score (nSPS) is 19.1. The molecule has 3 rings (SSSR count). The van der Waals surface area contributed by atoms with Gasteiger partial charge in [0.25, 0.3) is 0 Å². The summed E-state index contributed by atoms with van der Waals surface area (Å²) in [6, 6.07) is 9.92. The third-order valence-electron chi connectivity index (χ3n) is 4.98. The number of amides is 2. The molecule has 1 aromatic rings. The van der Waals surface area contributed by atoms with Gasteiger partial charge in [-0.2, -0.15) is 0 Å². The van der Waals surface area contributed by atoms with E-state index in [1.165, 1.54) is 12.8 Å². The van der Waals surface area contributed by atoms with Crippen molar-refractivity contribution in [2.75, 3.05) is 52.4 Å². The van der Waals surface area contributed by atoms with E-state index >= 15 is 0 Å². The summed E-state index contributed by atoms with van der Waals surface area (Å²) < 4.78 is 0. The van der Waals surface area contributed by atoms with Crippen molar-refractivity contribution in [3.8, 4) is 0 Å². The Labute approximate surface area is 149 Å². The number of likely N-dealkylation sites (tertiary alicyclic amines) is 1. The molecule has 2 saturated heterocycles. The van der Waals surface area contributed by atoms with E-state index in [0.717, 1.165) is 44.8 Å². The topological polar surface area (TPSA) is 55.9 Å². The molecule has 6 heteroatoms. The fourth-order valence-corrected chi connectivity index (χ4v) is 3.44. The lowest BCUT2D eigenvalue weighted by atomic mass is 10.2. The SMILES string of the molecule is O=C(CN1CCN(C(=O)CN2CCCC2)CC1)NCc1ccccc1. The number of benzene rings is 1. The molecule has 1 aromatic carbocycles. The van der Waals surface area contributed by atoms with Crippen LogP contribution in [0.4, 0.5) is 0 Å². The maximum absolute atomic E-state index is 12.3. The fourth-order valence-electron chi connectivity index (χ4n) is 3.44. The van der Waals surface area contributed by atoms with Crippen molar-refractivity contribution in [1.29, 1.82) is 0 Å². The quantitative estimate of drug-likeness (QED) is 0.819. The van der Waals surface area contributed by atoms with Gasteiger partial charge in [0.1, 0.15) is 0 Å². The van der Waals surface area contributed by atoms with Crippen LogP contribution in [0.15, 0.2) is 30.3 Å². The van der Waals surface area contributed by atoms with Gasteiger partial charge in [-0.25, -0.2) is 0 Å². The molecule has 0 aliphatic carbocycles. The molecule has 0 saturated carbocycles. The molecule has 0 aromatic heterocycles. The van der Waals surface area contributed by atoms with E-state index in [2.05, 4.69) is 15.1 Å². The average Bonchev–Trinajstić information content (AvgIpc) is 3.14. The molecule has 0 atom stereocenters. The Bertz CT molecular complexity index is 564. The second kappa shape index (κ2) is 8.97. The van der Waals surface area contributed by atoms with Gasteiger partial charge in [0, 0.05) is 32.7 Å². The van der Waals surface area contributed by atoms with Crippen LogP contribution in [0, 0.1) is 0 Å². The lowest BCUT2D eigenvalue weighted by Crippen LogP contribution is -2.52. The Balaban J connectivity index is 1.34. The summed E-state index contributed by atoms with van der Waals surface area (Å²) in [4.78, 5) is 30.7. The summed E-state index contributed by atoms with van der Waals surface area (Å²) in [5.41, 5.74) is 1.10. The fraction of sp³-hybridized carbons (Fsp3) is 0.579. The zero-order valence-electron chi connectivity index (χ0n) is 14.8. The number of rotatable bonds is 6. The van der Waals surface area contributed by atoms with E-state index in [0.29, 0.717) is 19.6 Å². The Morgan fingerprint density at radius 3 is 2.16 bits per heavy atom. The van der Waals surface area contributed by atoms with Crippen molar-refractivity contribution in [1.82, 2.24) is 20.0 Å². The van der Waals surface area contributed by atoms with E-state index in [-0.39, 0.29) is 11.8 Å². The van der Waals surface area contributed by atoms with Crippen molar-refractivity contribution >= 4 is 11.8 Å². The maximum Gasteiger partial charge on any atom is 0.236 e. The first kappa shape index (κ1) is 17.9. The number of carbonyl (C=O) groups excluding carboxylic acids is 2. The molecule has 0 bridgehead atoms. The van der Waals surface area contributed by atoms with Crippen LogP contribution in [-0.4, -0.2) is 78.9 Å². The van der Waals surface area contributed by atoms with Crippen LogP contribution in [0.1, 0.15) is 18.4 Å². The smallest absolute Gasteiger partial charge is 0.236 e. The minimum Gasteiger partial charge on any atom is -0.351 e. The third-order valence-corrected chi connectivity index (χ3v) is 4.98. The van der Waals surface area contributed by atoms with Gasteiger partial charge in [0.15, 0.2) is 0 Å². The summed E-state index contributed by atoms with van der Waals surface area (Å²) in [6.45, 7) is 6.60. The highest BCUT2D eigenvalue weighted by Gasteiger charge is 2.24. The molecule has 2 amide bonds. The van der Waals surface area contributed by atoms with Crippen molar-refractivity contribution in [3.63, 3.8) is 0 Å². The number of hydrogen-bond acceptors (Lipinski definition) is 4. The molecule has 25 heavy (non-hydrogen) atoms. The van der Waals surface area contributed by atoms with Gasteiger partial charge < -0.3 is 10.2 Å². The Morgan fingerprint density at radius 2 is 1.48 bits per heavy atom. The number of hydrogen-bond donors (Lipinski definition) is 1. The molecule has 0 unspecified atom stereocenters. The molecule has 2 heterocycles. The lowest BCUT2D eigenvalue weighted by molar-refractivity contribution is -0.134. The first-order valence-electron chi connectivity index (χ1n) is 9.24. The molecule has 2 aliphatic rings. The predicted octanol–water partition coefficient (Wildman–Crippen LogP) is 0.543. The molecule has 0 radical (unpaired) electrons. The predicted molar refractivity (Wildman–Crippen MR) is 97.0 cm³/mol. The molecular formula is C19H28N4O2. The van der Waals surface area contributed by atoms with Gasteiger partial charge in [-0.05, 0) is 31.5 Å². The van der Waals surface area contributed by atoms with E-state index < -0.39 is 0 Å². The van der Waals surface area contributed by atoms with Gasteiger partial charge in [-0.15, -0.1) is 0 Å². The van der Waals surface area contributed by atoms with Crippen molar-refractivity contribution in [2.24, 2.45) is 0 Å². The molecule has 136 valence electrons. The van der Waals surface area contributed by atoms with E-state index in [9.17, 15) is 9.59 Å². The lowest BCUT2D eigenvalue weighted by Gasteiger charge is -2.35. The zero-order valence-corrected chi connectivity index (χ0v) is 14.8. The van der Waals surface area contributed by atoms with E-state index in [1.54, 1.807) is 0 Å². The van der Waals surface area contributed by atoms with Crippen LogP contribution in [0.2, 0.25) is 0 Å². The van der Waals surface area contributed by atoms with Crippen LogP contribution < -0.4 is 5.32 Å². The first-order chi connectivity index (χ1) is 12.2. The van der Waals surface area contributed by atoms with Gasteiger partial charge in [-0.3, -0.25) is 19.4 Å². The van der Waals surface area contributed by atoms with Gasteiger partial charge >= 0.3 is 0 Å². The highest BCUT2D eigenvalue weighted by Crippen LogP contribution is 2.09. The van der Waals surface area contributed by atoms with Crippen molar-refractivity contribution < 1.29 is 9.59 Å². The highest BCUT2D eigenvalue weighted by atomic mass is 16.2. The van der Waals surface area contributed by atoms with Gasteiger partial charge in [0.2, 0.25) is 11.8 Å². The molecule has 2 fully saturated rings. The summed E-state index contributed by atoms with van der Waals surface area (Å²) in [5.74, 6) is 0.274. The summed E-state index contributed by atoms with van der Waals surface area (Å²) in [5, 5.41) is 2.96. The molecule has 2 aliphatic heterocycles. The summed E-state index contributed by atoms with van der Waals surface area (Å²) in [7, 11) is 0. The third kappa shape index (κ3) is 5.54. The summed E-state index contributed by atoms with van der Waals surface area (Å²) in [6.07, 6.45) is 2.41. The number of piperazine rings is 1. The van der Waals surface area contributed by atoms with Gasteiger partial charge in [0.05, 0.1) is 13.1 Å². The molecule has 6 nitrogen and oxygen atoms in total. The van der Waals surface area contributed by atoms with E-state index in [1.807, 2.05) is 35.2 Å². The number of nitrogens with one attached hydrogen (secondary N) is 1. The molecular weight excluding hydrogens is 316 g/mol. The van der Waals surface area contributed by atoms with Crippen LogP contribution >= 0.6 is 0 Å². The largest absolute Gasteiger partial charge is 0.351 e. The monoisotopic (exact) mass is 344 g/mol.